The Morgan fingerprint density at radius 3 is 2.50 bits per heavy atom. The van der Waals surface area contributed by atoms with Crippen LogP contribution in [0.3, 0.4) is 0 Å². The first-order chi connectivity index (χ1) is 15.2. The monoisotopic (exact) mass is 477 g/mol. The van der Waals surface area contributed by atoms with Gasteiger partial charge in [0.25, 0.3) is 11.1 Å². The lowest BCUT2D eigenvalue weighted by Gasteiger charge is -2.11. The minimum atomic E-state index is -4.60. The van der Waals surface area contributed by atoms with Crippen molar-refractivity contribution < 1.29 is 27.2 Å². The van der Waals surface area contributed by atoms with Crippen molar-refractivity contribution in [1.29, 1.82) is 0 Å². The van der Waals surface area contributed by atoms with E-state index < -0.39 is 22.7 Å². The fraction of sp³-hybridized carbons (Fsp3) is 0.130. The number of halogens is 4. The molecule has 9 heteroatoms. The Labute approximate surface area is 190 Å². The largest absolute Gasteiger partial charge is 0.457 e. The smallest absolute Gasteiger partial charge is 0.417 e. The number of carbonyl (C=O) groups excluding carboxylic acids is 2. The molecule has 0 saturated carbocycles. The fourth-order valence-corrected chi connectivity index (χ4v) is 4.26. The number of thioether (sulfide) groups is 1. The van der Waals surface area contributed by atoms with Gasteiger partial charge in [-0.3, -0.25) is 14.5 Å². The van der Waals surface area contributed by atoms with Crippen molar-refractivity contribution >= 4 is 40.6 Å². The number of amides is 2. The predicted molar refractivity (Wildman–Crippen MR) is 117 cm³/mol. The molecule has 4 rings (SSSR count). The van der Waals surface area contributed by atoms with Crippen LogP contribution in [0, 0.1) is 0 Å². The van der Waals surface area contributed by atoms with Gasteiger partial charge < -0.3 is 4.42 Å². The summed E-state index contributed by atoms with van der Waals surface area (Å²) in [5.74, 6) is -0.00137. The highest BCUT2D eigenvalue weighted by atomic mass is 35.5. The van der Waals surface area contributed by atoms with Gasteiger partial charge in [-0.05, 0) is 54.1 Å². The summed E-state index contributed by atoms with van der Waals surface area (Å²) in [7, 11) is 0. The third-order valence-corrected chi connectivity index (χ3v) is 6.03. The van der Waals surface area contributed by atoms with E-state index in [4.69, 9.17) is 16.0 Å². The number of furan rings is 1. The van der Waals surface area contributed by atoms with Crippen molar-refractivity contribution in [2.75, 3.05) is 6.54 Å². The van der Waals surface area contributed by atoms with Gasteiger partial charge in [-0.15, -0.1) is 0 Å². The number of benzene rings is 2. The van der Waals surface area contributed by atoms with E-state index in [0.717, 1.165) is 29.5 Å². The number of hydrogen-bond acceptors (Lipinski definition) is 4. The molecule has 0 aliphatic carbocycles. The quantitative estimate of drug-likeness (QED) is 0.375. The summed E-state index contributed by atoms with van der Waals surface area (Å²) < 4.78 is 44.9. The Morgan fingerprint density at radius 2 is 1.78 bits per heavy atom. The molecule has 0 bridgehead atoms. The van der Waals surface area contributed by atoms with E-state index in [2.05, 4.69) is 0 Å². The summed E-state index contributed by atoms with van der Waals surface area (Å²) in [4.78, 5) is 26.3. The Bertz CT molecular complexity index is 1200. The van der Waals surface area contributed by atoms with Crippen LogP contribution < -0.4 is 0 Å². The Balaban J connectivity index is 1.51. The minimum Gasteiger partial charge on any atom is -0.457 e. The van der Waals surface area contributed by atoms with Gasteiger partial charge in [-0.25, -0.2) is 0 Å². The van der Waals surface area contributed by atoms with Gasteiger partial charge in [-0.1, -0.05) is 41.9 Å². The zero-order chi connectivity index (χ0) is 22.9. The normalized spacial score (nSPS) is 15.8. The maximum absolute atomic E-state index is 13.1. The van der Waals surface area contributed by atoms with E-state index in [9.17, 15) is 22.8 Å². The van der Waals surface area contributed by atoms with Crippen LogP contribution in [-0.4, -0.2) is 22.6 Å². The van der Waals surface area contributed by atoms with Crippen LogP contribution in [0.1, 0.15) is 16.9 Å². The molecular weight excluding hydrogens is 463 g/mol. The summed E-state index contributed by atoms with van der Waals surface area (Å²) in [5.41, 5.74) is 0.235. The molecule has 0 radical (unpaired) electrons. The van der Waals surface area contributed by atoms with Crippen LogP contribution in [0.4, 0.5) is 18.0 Å². The van der Waals surface area contributed by atoms with Crippen LogP contribution >= 0.6 is 23.4 Å². The van der Waals surface area contributed by atoms with Crippen LogP contribution in [0.25, 0.3) is 17.4 Å². The molecule has 3 aromatic rings. The van der Waals surface area contributed by atoms with Crippen LogP contribution in [-0.2, 0) is 17.4 Å². The summed E-state index contributed by atoms with van der Waals surface area (Å²) in [5, 5.41) is -0.784. The molecule has 0 unspecified atom stereocenters. The Kier molecular flexibility index (Phi) is 6.17. The van der Waals surface area contributed by atoms with Crippen molar-refractivity contribution in [3.63, 3.8) is 0 Å². The van der Waals surface area contributed by atoms with Gasteiger partial charge in [0, 0.05) is 18.2 Å². The molecule has 2 amide bonds. The number of hydrogen-bond donors (Lipinski definition) is 0. The van der Waals surface area contributed by atoms with E-state index >= 15 is 0 Å². The summed E-state index contributed by atoms with van der Waals surface area (Å²) >= 11 is 6.46. The van der Waals surface area contributed by atoms with Crippen molar-refractivity contribution in [2.24, 2.45) is 0 Å². The fourth-order valence-electron chi connectivity index (χ4n) is 3.19. The first kappa shape index (κ1) is 22.2. The van der Waals surface area contributed by atoms with Gasteiger partial charge in [0.1, 0.15) is 11.5 Å². The Morgan fingerprint density at radius 1 is 1.03 bits per heavy atom. The maximum atomic E-state index is 13.1. The lowest BCUT2D eigenvalue weighted by molar-refractivity contribution is -0.137. The average Bonchev–Trinajstić information content (AvgIpc) is 3.32. The molecule has 0 N–H and O–H groups in total. The second kappa shape index (κ2) is 8.88. The number of rotatable bonds is 5. The Hall–Kier alpha value is -2.97. The summed E-state index contributed by atoms with van der Waals surface area (Å²) in [6.07, 6.45) is -2.65. The molecule has 2 heterocycles. The molecule has 1 saturated heterocycles. The van der Waals surface area contributed by atoms with Crippen molar-refractivity contribution in [2.45, 2.75) is 12.6 Å². The molecule has 4 nitrogen and oxygen atoms in total. The van der Waals surface area contributed by atoms with Crippen molar-refractivity contribution in [3.05, 3.63) is 87.5 Å². The minimum absolute atomic E-state index is 0.182. The second-order valence-electron chi connectivity index (χ2n) is 6.96. The van der Waals surface area contributed by atoms with E-state index in [1.165, 1.54) is 29.2 Å². The van der Waals surface area contributed by atoms with Gasteiger partial charge in [0.2, 0.25) is 0 Å². The average molecular weight is 478 g/mol. The van der Waals surface area contributed by atoms with Crippen LogP contribution in [0.5, 0.6) is 0 Å². The number of carbonyl (C=O) groups is 2. The van der Waals surface area contributed by atoms with Crippen molar-refractivity contribution in [3.8, 4) is 11.3 Å². The first-order valence-electron chi connectivity index (χ1n) is 9.48. The predicted octanol–water partition coefficient (Wildman–Crippen LogP) is 6.90. The number of nitrogens with zero attached hydrogens (tertiary/aromatic N) is 1. The SMILES string of the molecule is O=C1S/C(=C\c2ccc(-c3ccc(Cl)c(C(F)(F)F)c3)o2)C(=O)N1CCc1ccccc1. The molecule has 1 aliphatic rings. The van der Waals surface area contributed by atoms with Gasteiger partial charge in [-0.2, -0.15) is 13.2 Å². The molecule has 1 aliphatic heterocycles. The van der Waals surface area contributed by atoms with E-state index in [0.29, 0.717) is 6.42 Å². The highest BCUT2D eigenvalue weighted by Gasteiger charge is 2.35. The number of alkyl halides is 3. The zero-order valence-corrected chi connectivity index (χ0v) is 17.9. The lowest BCUT2D eigenvalue weighted by Crippen LogP contribution is -2.30. The van der Waals surface area contributed by atoms with E-state index in [1.807, 2.05) is 30.3 Å². The van der Waals surface area contributed by atoms with Gasteiger partial charge in [0.15, 0.2) is 0 Å². The van der Waals surface area contributed by atoms with Crippen LogP contribution in [0.2, 0.25) is 5.02 Å². The first-order valence-corrected chi connectivity index (χ1v) is 10.7. The van der Waals surface area contributed by atoms with Gasteiger partial charge >= 0.3 is 6.18 Å². The van der Waals surface area contributed by atoms with E-state index in [-0.39, 0.29) is 33.8 Å². The highest BCUT2D eigenvalue weighted by Crippen LogP contribution is 2.38. The summed E-state index contributed by atoms with van der Waals surface area (Å²) in [6, 6.07) is 16.0. The van der Waals surface area contributed by atoms with E-state index in [1.54, 1.807) is 0 Å². The standard InChI is InChI=1S/C23H15ClF3NO3S/c24-18-8-6-15(12-17(18)23(25,26)27)19-9-7-16(31-19)13-20-21(29)28(22(30)32-20)11-10-14-4-2-1-3-5-14/h1-9,12-13H,10-11H2/b20-13-. The molecule has 0 atom stereocenters. The molecule has 2 aromatic carbocycles. The number of imide groups is 1. The maximum Gasteiger partial charge on any atom is 0.417 e. The van der Waals surface area contributed by atoms with Gasteiger partial charge in [0.05, 0.1) is 15.5 Å². The molecule has 0 spiro atoms. The molecule has 32 heavy (non-hydrogen) atoms. The highest BCUT2D eigenvalue weighted by molar-refractivity contribution is 8.18. The molecule has 1 aromatic heterocycles. The topological polar surface area (TPSA) is 50.5 Å². The molecular formula is C23H15ClF3NO3S. The zero-order valence-electron chi connectivity index (χ0n) is 16.4. The molecule has 1 fully saturated rings. The third-order valence-electron chi connectivity index (χ3n) is 4.80. The third kappa shape index (κ3) is 4.76. The molecule has 164 valence electrons. The van der Waals surface area contributed by atoms with Crippen LogP contribution in [0.15, 0.2) is 70.0 Å². The summed E-state index contributed by atoms with van der Waals surface area (Å²) in [6.45, 7) is 0.250. The second-order valence-corrected chi connectivity index (χ2v) is 8.36. The lowest BCUT2D eigenvalue weighted by atomic mass is 10.1. The van der Waals surface area contributed by atoms with Crippen molar-refractivity contribution in [1.82, 2.24) is 4.90 Å².